The number of esters is 1. The lowest BCUT2D eigenvalue weighted by Crippen LogP contribution is -2.50. The summed E-state index contributed by atoms with van der Waals surface area (Å²) in [4.78, 5) is 36.0. The fourth-order valence-electron chi connectivity index (χ4n) is 4.00. The van der Waals surface area contributed by atoms with Crippen LogP contribution < -0.4 is 5.32 Å². The van der Waals surface area contributed by atoms with E-state index in [0.717, 1.165) is 31.2 Å². The molecule has 152 valence electrons. The van der Waals surface area contributed by atoms with E-state index in [1.54, 1.807) is 12.1 Å². The van der Waals surface area contributed by atoms with Crippen molar-refractivity contribution in [2.45, 2.75) is 43.6 Å². The molecule has 3 rings (SSSR count). The summed E-state index contributed by atoms with van der Waals surface area (Å²) >= 11 is 0. The van der Waals surface area contributed by atoms with Gasteiger partial charge in [-0.1, -0.05) is 55.3 Å². The number of rotatable bonds is 7. The first-order valence-corrected chi connectivity index (χ1v) is 9.64. The maximum absolute atomic E-state index is 13.3. The Bertz CT molecular complexity index is 874. The highest BCUT2D eigenvalue weighted by Gasteiger charge is 2.43. The molecular weight excluding hydrogens is 372 g/mol. The number of hydrogen-bond donors (Lipinski definition) is 1. The first-order valence-electron chi connectivity index (χ1n) is 9.64. The molecule has 7 heteroatoms. The average Bonchev–Trinajstić information content (AvgIpc) is 3.25. The van der Waals surface area contributed by atoms with Crippen LogP contribution in [0.3, 0.4) is 0 Å². The van der Waals surface area contributed by atoms with Crippen LogP contribution in [-0.2, 0) is 26.2 Å². The summed E-state index contributed by atoms with van der Waals surface area (Å²) in [7, 11) is 1.28. The largest absolute Gasteiger partial charge is 0.467 e. The Kier molecular flexibility index (Phi) is 6.26. The van der Waals surface area contributed by atoms with Crippen LogP contribution in [0.15, 0.2) is 54.6 Å². The predicted octanol–water partition coefficient (Wildman–Crippen LogP) is 3.31. The highest BCUT2D eigenvalue weighted by Crippen LogP contribution is 2.41. The zero-order chi connectivity index (χ0) is 20.9. The molecule has 1 N–H and O–H groups in total. The molecule has 0 bridgehead atoms. The van der Waals surface area contributed by atoms with Gasteiger partial charge in [0.05, 0.1) is 17.4 Å². The highest BCUT2D eigenvalue weighted by molar-refractivity contribution is 5.92. The molecule has 0 spiro atoms. The zero-order valence-corrected chi connectivity index (χ0v) is 16.3. The molecular formula is C22H24N2O5. The fourth-order valence-corrected chi connectivity index (χ4v) is 4.00. The summed E-state index contributed by atoms with van der Waals surface area (Å²) in [5.74, 6) is -0.726. The molecule has 2 aromatic rings. The lowest BCUT2D eigenvalue weighted by Gasteiger charge is -2.30. The summed E-state index contributed by atoms with van der Waals surface area (Å²) < 4.78 is 4.89. The molecule has 0 aliphatic heterocycles. The topological polar surface area (TPSA) is 98.5 Å². The van der Waals surface area contributed by atoms with Crippen LogP contribution in [0.25, 0.3) is 0 Å². The Morgan fingerprint density at radius 2 is 1.72 bits per heavy atom. The van der Waals surface area contributed by atoms with E-state index in [9.17, 15) is 19.7 Å². The normalized spacial score (nSPS) is 16.0. The van der Waals surface area contributed by atoms with Gasteiger partial charge < -0.3 is 10.1 Å². The van der Waals surface area contributed by atoms with Gasteiger partial charge in [0.2, 0.25) is 5.91 Å². The van der Waals surface area contributed by atoms with Crippen molar-refractivity contribution in [3.05, 3.63) is 75.8 Å². The minimum absolute atomic E-state index is 0.0265. The molecule has 29 heavy (non-hydrogen) atoms. The van der Waals surface area contributed by atoms with Crippen molar-refractivity contribution in [1.29, 1.82) is 0 Å². The molecule has 0 heterocycles. The molecule has 1 aliphatic carbocycles. The van der Waals surface area contributed by atoms with Crippen LogP contribution in [0, 0.1) is 10.1 Å². The molecule has 0 saturated heterocycles. The predicted molar refractivity (Wildman–Crippen MR) is 107 cm³/mol. The molecule has 1 fully saturated rings. The summed E-state index contributed by atoms with van der Waals surface area (Å²) in [5.41, 5.74) is 0.977. The summed E-state index contributed by atoms with van der Waals surface area (Å²) in [6.45, 7) is 0. The average molecular weight is 396 g/mol. The number of ether oxygens (including phenoxy) is 1. The van der Waals surface area contributed by atoms with Gasteiger partial charge in [-0.3, -0.25) is 14.9 Å². The third kappa shape index (κ3) is 4.45. The second kappa shape index (κ2) is 8.86. The van der Waals surface area contributed by atoms with Gasteiger partial charge in [0.15, 0.2) is 0 Å². The third-order valence-electron chi connectivity index (χ3n) is 5.60. The van der Waals surface area contributed by atoms with E-state index in [4.69, 9.17) is 4.74 Å². The van der Waals surface area contributed by atoms with Gasteiger partial charge >= 0.3 is 5.97 Å². The van der Waals surface area contributed by atoms with E-state index < -0.39 is 22.3 Å². The molecule has 1 aliphatic rings. The van der Waals surface area contributed by atoms with Gasteiger partial charge in [-0.2, -0.15) is 0 Å². The highest BCUT2D eigenvalue weighted by atomic mass is 16.6. The third-order valence-corrected chi connectivity index (χ3v) is 5.60. The standard InChI is InChI=1S/C22H24N2O5/c1-29-20(25)19(15-16-9-11-18(12-10-16)24(27)28)23-21(26)22(13-5-6-14-22)17-7-3-2-4-8-17/h2-4,7-12,19H,5-6,13-15H2,1H3,(H,23,26)/t19-/m0/s1. The van der Waals surface area contributed by atoms with Crippen molar-refractivity contribution in [3.63, 3.8) is 0 Å². The number of hydrogen-bond acceptors (Lipinski definition) is 5. The molecule has 2 aromatic carbocycles. The van der Waals surface area contributed by atoms with Gasteiger partial charge in [0, 0.05) is 18.6 Å². The molecule has 0 aromatic heterocycles. The van der Waals surface area contributed by atoms with Crippen molar-refractivity contribution < 1.29 is 19.2 Å². The van der Waals surface area contributed by atoms with Crippen LogP contribution >= 0.6 is 0 Å². The van der Waals surface area contributed by atoms with Gasteiger partial charge in [-0.25, -0.2) is 4.79 Å². The number of nitro benzene ring substituents is 1. The Morgan fingerprint density at radius 1 is 1.10 bits per heavy atom. The molecule has 7 nitrogen and oxygen atoms in total. The van der Waals surface area contributed by atoms with E-state index in [-0.39, 0.29) is 18.0 Å². The summed E-state index contributed by atoms with van der Waals surface area (Å²) in [6.07, 6.45) is 3.56. The Balaban J connectivity index is 1.81. The van der Waals surface area contributed by atoms with Gasteiger partial charge in [0.1, 0.15) is 6.04 Å². The Morgan fingerprint density at radius 3 is 2.28 bits per heavy atom. The Hall–Kier alpha value is -3.22. The first kappa shape index (κ1) is 20.5. The number of nitrogens with zero attached hydrogens (tertiary/aromatic N) is 1. The molecule has 1 saturated carbocycles. The van der Waals surface area contributed by atoms with Crippen molar-refractivity contribution in [1.82, 2.24) is 5.32 Å². The van der Waals surface area contributed by atoms with Crippen LogP contribution in [0.1, 0.15) is 36.8 Å². The maximum atomic E-state index is 13.3. The smallest absolute Gasteiger partial charge is 0.328 e. The quantitative estimate of drug-likeness (QED) is 0.440. The van der Waals surface area contributed by atoms with Crippen molar-refractivity contribution >= 4 is 17.6 Å². The van der Waals surface area contributed by atoms with E-state index >= 15 is 0 Å². The molecule has 0 radical (unpaired) electrons. The van der Waals surface area contributed by atoms with Crippen molar-refractivity contribution in [3.8, 4) is 0 Å². The van der Waals surface area contributed by atoms with Crippen LogP contribution in [0.5, 0.6) is 0 Å². The van der Waals surface area contributed by atoms with Gasteiger partial charge in [-0.15, -0.1) is 0 Å². The zero-order valence-electron chi connectivity index (χ0n) is 16.3. The minimum Gasteiger partial charge on any atom is -0.467 e. The lowest BCUT2D eigenvalue weighted by molar-refractivity contribution is -0.384. The number of methoxy groups -OCH3 is 1. The van der Waals surface area contributed by atoms with Gasteiger partial charge in [-0.05, 0) is 24.0 Å². The van der Waals surface area contributed by atoms with Crippen LogP contribution in [0.4, 0.5) is 5.69 Å². The van der Waals surface area contributed by atoms with Crippen molar-refractivity contribution in [2.75, 3.05) is 7.11 Å². The SMILES string of the molecule is COC(=O)[C@H](Cc1ccc([N+](=O)[O-])cc1)NC(=O)C1(c2ccccc2)CCCC1. The first-order chi connectivity index (χ1) is 14.0. The fraction of sp³-hybridized carbons (Fsp3) is 0.364. The molecule has 1 amide bonds. The second-order valence-corrected chi connectivity index (χ2v) is 7.33. The number of carbonyl (C=O) groups excluding carboxylic acids is 2. The van der Waals surface area contributed by atoms with Crippen LogP contribution in [0.2, 0.25) is 0 Å². The van der Waals surface area contributed by atoms with E-state index in [1.807, 2.05) is 30.3 Å². The molecule has 1 atom stereocenters. The lowest BCUT2D eigenvalue weighted by atomic mass is 9.77. The van der Waals surface area contributed by atoms with Crippen molar-refractivity contribution in [2.24, 2.45) is 0 Å². The summed E-state index contributed by atoms with van der Waals surface area (Å²) in [5, 5.41) is 13.7. The van der Waals surface area contributed by atoms with E-state index in [2.05, 4.69) is 5.32 Å². The molecule has 0 unspecified atom stereocenters. The number of carbonyl (C=O) groups is 2. The second-order valence-electron chi connectivity index (χ2n) is 7.33. The summed E-state index contributed by atoms with van der Waals surface area (Å²) in [6, 6.07) is 14.7. The number of nitrogens with one attached hydrogen (secondary N) is 1. The number of non-ortho nitro benzene ring substituents is 1. The maximum Gasteiger partial charge on any atom is 0.328 e. The number of amides is 1. The van der Waals surface area contributed by atoms with E-state index in [1.165, 1.54) is 19.2 Å². The number of benzene rings is 2. The minimum atomic E-state index is -0.866. The van der Waals surface area contributed by atoms with Gasteiger partial charge in [0.25, 0.3) is 5.69 Å². The monoisotopic (exact) mass is 396 g/mol. The van der Waals surface area contributed by atoms with Crippen LogP contribution in [-0.4, -0.2) is 30.0 Å². The van der Waals surface area contributed by atoms with E-state index in [0.29, 0.717) is 5.56 Å². The Labute approximate surface area is 169 Å². The number of nitro groups is 1.